The summed E-state index contributed by atoms with van der Waals surface area (Å²) in [6.45, 7) is 1.42. The monoisotopic (exact) mass is 301 g/mol. The summed E-state index contributed by atoms with van der Waals surface area (Å²) in [5, 5.41) is 19.1. The first-order chi connectivity index (χ1) is 7.41. The van der Waals surface area contributed by atoms with Gasteiger partial charge in [0.15, 0.2) is 0 Å². The highest BCUT2D eigenvalue weighted by Gasteiger charge is 2.00. The maximum atomic E-state index is 8.88. The largest absolute Gasteiger partial charge is 0.466 e. The fourth-order valence-corrected chi connectivity index (χ4v) is 0.283. The molecule has 0 fully saturated rings. The van der Waals surface area contributed by atoms with Crippen LogP contribution >= 0.6 is 15.6 Å². The Bertz CT molecular complexity index is 194. The molecule has 0 unspecified atom stereocenters. The molecule has 11 nitrogen and oxygen atoms in total. The van der Waals surface area contributed by atoms with Gasteiger partial charge in [-0.3, -0.25) is 0 Å². The third-order valence-electron chi connectivity index (χ3n) is 0.577. The van der Waals surface area contributed by atoms with E-state index in [0.717, 1.165) is 0 Å². The SMILES string of the molecule is O=P(O)(O)O.O=P(O)(O)O.OCCNCCO. The maximum Gasteiger partial charge on any atom is 0.466 e. The zero-order chi connectivity index (χ0) is 14.5. The van der Waals surface area contributed by atoms with E-state index in [2.05, 4.69) is 5.32 Å². The van der Waals surface area contributed by atoms with Gasteiger partial charge in [-0.15, -0.1) is 0 Å². The second kappa shape index (κ2) is 12.6. The first-order valence-corrected chi connectivity index (χ1v) is 7.04. The lowest BCUT2D eigenvalue weighted by Gasteiger charge is -1.94. The van der Waals surface area contributed by atoms with Gasteiger partial charge < -0.3 is 44.9 Å². The number of phosphoric acid groups is 2. The van der Waals surface area contributed by atoms with Crippen molar-refractivity contribution in [2.24, 2.45) is 0 Å². The summed E-state index contributed by atoms with van der Waals surface area (Å²) in [5.41, 5.74) is 0. The van der Waals surface area contributed by atoms with Gasteiger partial charge in [-0.25, -0.2) is 9.13 Å². The molecule has 0 aliphatic rings. The molecule has 13 heteroatoms. The van der Waals surface area contributed by atoms with Gasteiger partial charge in [0.1, 0.15) is 0 Å². The van der Waals surface area contributed by atoms with Crippen molar-refractivity contribution in [2.45, 2.75) is 0 Å². The summed E-state index contributed by atoms with van der Waals surface area (Å²) < 4.78 is 17.8. The van der Waals surface area contributed by atoms with Crippen LogP contribution in [0.4, 0.5) is 0 Å². The molecule has 0 saturated heterocycles. The van der Waals surface area contributed by atoms with Crippen molar-refractivity contribution in [3.8, 4) is 0 Å². The third kappa shape index (κ3) is 190. The van der Waals surface area contributed by atoms with E-state index < -0.39 is 15.6 Å². The molecular formula is C4H17NO10P2. The van der Waals surface area contributed by atoms with Gasteiger partial charge in [0.25, 0.3) is 0 Å². The van der Waals surface area contributed by atoms with Crippen LogP contribution in [0.5, 0.6) is 0 Å². The molecule has 0 atom stereocenters. The van der Waals surface area contributed by atoms with Crippen LogP contribution in [0.1, 0.15) is 0 Å². The Labute approximate surface area is 96.8 Å². The number of hydrogen-bond donors (Lipinski definition) is 9. The van der Waals surface area contributed by atoms with Crippen LogP contribution in [-0.2, 0) is 9.13 Å². The molecule has 0 aliphatic heterocycles. The van der Waals surface area contributed by atoms with E-state index in [1.54, 1.807) is 0 Å². The molecule has 0 aromatic carbocycles. The first-order valence-electron chi connectivity index (χ1n) is 3.90. The van der Waals surface area contributed by atoms with Gasteiger partial charge in [0.2, 0.25) is 0 Å². The Kier molecular flexibility index (Phi) is 16.5. The second-order valence-corrected chi connectivity index (χ2v) is 4.28. The summed E-state index contributed by atoms with van der Waals surface area (Å²) in [6.07, 6.45) is 0. The molecular weight excluding hydrogens is 284 g/mol. The minimum absolute atomic E-state index is 0.139. The second-order valence-electron chi connectivity index (χ2n) is 2.22. The van der Waals surface area contributed by atoms with Crippen molar-refractivity contribution >= 4 is 15.6 Å². The molecule has 0 bridgehead atoms. The minimum Gasteiger partial charge on any atom is -0.395 e. The zero-order valence-corrected chi connectivity index (χ0v) is 10.4. The summed E-state index contributed by atoms with van der Waals surface area (Å²) in [5.74, 6) is 0. The zero-order valence-electron chi connectivity index (χ0n) is 8.62. The van der Waals surface area contributed by atoms with E-state index in [-0.39, 0.29) is 13.2 Å². The van der Waals surface area contributed by atoms with Crippen molar-refractivity contribution < 1.29 is 48.7 Å². The number of aliphatic hydroxyl groups excluding tert-OH is 2. The molecule has 17 heavy (non-hydrogen) atoms. The normalized spacial score (nSPS) is 10.8. The van der Waals surface area contributed by atoms with E-state index in [0.29, 0.717) is 13.1 Å². The molecule has 0 heterocycles. The Morgan fingerprint density at radius 3 is 1.00 bits per heavy atom. The summed E-state index contributed by atoms with van der Waals surface area (Å²) >= 11 is 0. The van der Waals surface area contributed by atoms with Crippen LogP contribution in [0, 0.1) is 0 Å². The van der Waals surface area contributed by atoms with Gasteiger partial charge in [-0.05, 0) is 0 Å². The van der Waals surface area contributed by atoms with Crippen LogP contribution in [-0.4, -0.2) is 65.9 Å². The summed E-state index contributed by atoms with van der Waals surface area (Å²) in [4.78, 5) is 43.1. The fourth-order valence-electron chi connectivity index (χ4n) is 0.283. The van der Waals surface area contributed by atoms with Gasteiger partial charge in [-0.1, -0.05) is 0 Å². The lowest BCUT2D eigenvalue weighted by atomic mass is 10.6. The highest BCUT2D eigenvalue weighted by Crippen LogP contribution is 2.26. The molecule has 0 saturated carbocycles. The Balaban J connectivity index is -0.000000177. The minimum atomic E-state index is -4.64. The Morgan fingerprint density at radius 2 is 0.882 bits per heavy atom. The quantitative estimate of drug-likeness (QED) is 0.185. The van der Waals surface area contributed by atoms with E-state index in [1.807, 2.05) is 0 Å². The number of rotatable bonds is 4. The van der Waals surface area contributed by atoms with Crippen molar-refractivity contribution in [3.05, 3.63) is 0 Å². The van der Waals surface area contributed by atoms with Crippen molar-refractivity contribution in [1.29, 1.82) is 0 Å². The van der Waals surface area contributed by atoms with Gasteiger partial charge in [-0.2, -0.15) is 0 Å². The lowest BCUT2D eigenvalue weighted by Crippen LogP contribution is -2.21. The topological polar surface area (TPSA) is 208 Å². The molecule has 9 N–H and O–H groups in total. The molecule has 108 valence electrons. The molecule has 0 aliphatic carbocycles. The Morgan fingerprint density at radius 1 is 0.706 bits per heavy atom. The highest BCUT2D eigenvalue weighted by molar-refractivity contribution is 7.45. The summed E-state index contributed by atoms with van der Waals surface area (Å²) in [6, 6.07) is 0. The highest BCUT2D eigenvalue weighted by atomic mass is 31.2. The third-order valence-corrected chi connectivity index (χ3v) is 0.577. The van der Waals surface area contributed by atoms with Gasteiger partial charge >= 0.3 is 15.6 Å². The fraction of sp³-hybridized carbons (Fsp3) is 1.00. The van der Waals surface area contributed by atoms with E-state index in [9.17, 15) is 0 Å². The lowest BCUT2D eigenvalue weighted by molar-refractivity contribution is 0.266. The predicted molar refractivity (Wildman–Crippen MR) is 55.6 cm³/mol. The number of nitrogens with one attached hydrogen (secondary N) is 1. The summed E-state index contributed by atoms with van der Waals surface area (Å²) in [7, 11) is -9.28. The van der Waals surface area contributed by atoms with E-state index in [1.165, 1.54) is 0 Å². The van der Waals surface area contributed by atoms with Crippen molar-refractivity contribution in [1.82, 2.24) is 5.32 Å². The predicted octanol–water partition coefficient (Wildman–Crippen LogP) is -3.30. The van der Waals surface area contributed by atoms with Gasteiger partial charge in [0, 0.05) is 13.1 Å². The van der Waals surface area contributed by atoms with Crippen LogP contribution in [0.2, 0.25) is 0 Å². The molecule has 0 rings (SSSR count). The number of hydrogen-bond acceptors (Lipinski definition) is 5. The molecule has 0 spiro atoms. The molecule has 0 radical (unpaired) electrons. The Hall–Kier alpha value is 0.100. The van der Waals surface area contributed by atoms with Crippen LogP contribution in [0.3, 0.4) is 0 Å². The molecule has 0 aromatic heterocycles. The van der Waals surface area contributed by atoms with Crippen LogP contribution in [0.25, 0.3) is 0 Å². The van der Waals surface area contributed by atoms with Crippen molar-refractivity contribution in [2.75, 3.05) is 26.3 Å². The smallest absolute Gasteiger partial charge is 0.395 e. The molecule has 0 aromatic rings. The standard InChI is InChI=1S/C4H11NO2.2H3O4P/c6-3-1-5-2-4-7;2*1-5(2,3)4/h5-7H,1-4H2;2*(H3,1,2,3,4). The van der Waals surface area contributed by atoms with E-state index in [4.69, 9.17) is 48.7 Å². The maximum absolute atomic E-state index is 8.88. The van der Waals surface area contributed by atoms with Crippen LogP contribution in [0.15, 0.2) is 0 Å². The first kappa shape index (κ1) is 22.3. The van der Waals surface area contributed by atoms with Crippen molar-refractivity contribution in [3.63, 3.8) is 0 Å². The number of aliphatic hydroxyl groups is 2. The van der Waals surface area contributed by atoms with E-state index >= 15 is 0 Å². The van der Waals surface area contributed by atoms with Crippen LogP contribution < -0.4 is 5.32 Å². The molecule has 0 amide bonds. The average Bonchev–Trinajstić information content (AvgIpc) is 1.99. The van der Waals surface area contributed by atoms with Gasteiger partial charge in [0.05, 0.1) is 13.2 Å². The average molecular weight is 301 g/mol.